The lowest BCUT2D eigenvalue weighted by Gasteiger charge is -2.56. The third-order valence-electron chi connectivity index (χ3n) is 8.92. The zero-order chi connectivity index (χ0) is 32.7. The standard InChI is InChI=1S/C21H23NO5.C5H5N5.C5H6N2O2/c1-11(23)25-16-6-4-13-10-15-14-5-7-17(26-12(2)24)20-21(14,8-9-22(15)3)18(13)19(16)27-20;6-4-3-5(9-1-7-3)10-2-8-4;1-3-2-6-5(9)7-4(3)8/h4-7,14-15,17,20H,8-10H2,1-3H3;1-2H,(H3,6,7,8,9,10);2H,1H3,(H2,6,7,8,9)/t14-,15+,17-,20-,21-;;/m0../s1. The molecule has 5 atom stereocenters. The maximum Gasteiger partial charge on any atom is 0.325 e. The first kappa shape index (κ1) is 30.7. The number of likely N-dealkylation sites (tertiary alicyclic amines) is 1. The number of esters is 2. The number of nitrogens with two attached hydrogens (primary N) is 1. The molecular weight excluding hydrogens is 596 g/mol. The van der Waals surface area contributed by atoms with E-state index < -0.39 is 11.8 Å². The molecule has 5 heterocycles. The number of anilines is 1. The summed E-state index contributed by atoms with van der Waals surface area (Å²) in [6.07, 6.45) is 9.62. The van der Waals surface area contributed by atoms with E-state index in [2.05, 4.69) is 54.0 Å². The van der Waals surface area contributed by atoms with E-state index in [-0.39, 0.29) is 34.9 Å². The molecule has 15 heteroatoms. The van der Waals surface area contributed by atoms with Crippen LogP contribution >= 0.6 is 0 Å². The normalized spacial score (nSPS) is 24.8. The minimum absolute atomic E-state index is 0.245. The molecule has 5 N–H and O–H groups in total. The number of benzene rings is 1. The Labute approximate surface area is 262 Å². The Morgan fingerprint density at radius 3 is 2.61 bits per heavy atom. The number of ether oxygens (including phenoxy) is 3. The summed E-state index contributed by atoms with van der Waals surface area (Å²) in [4.78, 5) is 65.4. The fourth-order valence-corrected chi connectivity index (χ4v) is 7.00. The highest BCUT2D eigenvalue weighted by Gasteiger charge is 2.65. The molecule has 1 fully saturated rings. The monoisotopic (exact) mass is 630 g/mol. The molecular formula is C31H34N8O7. The van der Waals surface area contributed by atoms with E-state index in [4.69, 9.17) is 19.9 Å². The Kier molecular flexibility index (Phi) is 7.94. The van der Waals surface area contributed by atoms with Crippen LogP contribution in [0.1, 0.15) is 37.0 Å². The number of hydrogen-bond acceptors (Lipinski definition) is 12. The van der Waals surface area contributed by atoms with Crippen LogP contribution in [0.4, 0.5) is 5.82 Å². The van der Waals surface area contributed by atoms with Gasteiger partial charge < -0.3 is 34.8 Å². The Hall–Kier alpha value is -5.31. The maximum absolute atomic E-state index is 11.7. The van der Waals surface area contributed by atoms with Crippen molar-refractivity contribution in [1.29, 1.82) is 0 Å². The SMILES string of the molecule is CC(=O)Oc1ccc2c3c1O[C@H]1[C@@H](OC(C)=O)C=C[C@H]4[C@@H](C2)N(C)CC[C@@]341.Cc1c[nH]c(=O)[nH]c1=O.Nc1ncnc2[nH]cnc12. The van der Waals surface area contributed by atoms with E-state index in [0.717, 1.165) is 24.9 Å². The van der Waals surface area contributed by atoms with E-state index in [1.807, 2.05) is 12.1 Å². The second kappa shape index (κ2) is 11.9. The van der Waals surface area contributed by atoms with Crippen molar-refractivity contribution in [3.8, 4) is 11.5 Å². The van der Waals surface area contributed by atoms with Crippen LogP contribution in [0.25, 0.3) is 11.2 Å². The van der Waals surface area contributed by atoms with Gasteiger partial charge in [-0.25, -0.2) is 19.7 Å². The molecule has 0 saturated carbocycles. The van der Waals surface area contributed by atoms with Gasteiger partial charge in [0, 0.05) is 48.5 Å². The second-order valence-electron chi connectivity index (χ2n) is 11.7. The van der Waals surface area contributed by atoms with Crippen LogP contribution in [0.5, 0.6) is 11.5 Å². The Morgan fingerprint density at radius 1 is 1.11 bits per heavy atom. The minimum Gasteiger partial charge on any atom is -0.481 e. The molecule has 2 aliphatic carbocycles. The predicted molar refractivity (Wildman–Crippen MR) is 165 cm³/mol. The second-order valence-corrected chi connectivity index (χ2v) is 11.7. The molecule has 0 unspecified atom stereocenters. The molecule has 0 radical (unpaired) electrons. The highest BCUT2D eigenvalue weighted by atomic mass is 16.6. The number of imidazole rings is 1. The van der Waals surface area contributed by atoms with Crippen LogP contribution in [0.2, 0.25) is 0 Å². The highest BCUT2D eigenvalue weighted by molar-refractivity contribution is 5.80. The van der Waals surface area contributed by atoms with Crippen molar-refractivity contribution < 1.29 is 23.8 Å². The van der Waals surface area contributed by atoms with Crippen LogP contribution in [0.3, 0.4) is 0 Å². The van der Waals surface area contributed by atoms with Crippen LogP contribution in [0, 0.1) is 12.8 Å². The predicted octanol–water partition coefficient (Wildman–Crippen LogP) is 1.30. The van der Waals surface area contributed by atoms with Gasteiger partial charge in [-0.2, -0.15) is 0 Å². The molecule has 2 aliphatic heterocycles. The molecule has 8 rings (SSSR count). The zero-order valence-electron chi connectivity index (χ0n) is 25.7. The maximum atomic E-state index is 11.7. The number of nitrogens with one attached hydrogen (secondary N) is 3. The van der Waals surface area contributed by atoms with E-state index in [1.54, 1.807) is 6.92 Å². The summed E-state index contributed by atoms with van der Waals surface area (Å²) in [6, 6.07) is 4.28. The van der Waals surface area contributed by atoms with E-state index in [1.165, 1.54) is 38.3 Å². The third kappa shape index (κ3) is 5.31. The van der Waals surface area contributed by atoms with Crippen molar-refractivity contribution in [2.75, 3.05) is 19.3 Å². The number of aromatic nitrogens is 6. The van der Waals surface area contributed by atoms with Crippen molar-refractivity contribution >= 4 is 28.9 Å². The smallest absolute Gasteiger partial charge is 0.325 e. The van der Waals surface area contributed by atoms with Crippen molar-refractivity contribution in [2.24, 2.45) is 5.92 Å². The first-order valence-electron chi connectivity index (χ1n) is 14.7. The first-order valence-corrected chi connectivity index (χ1v) is 14.7. The van der Waals surface area contributed by atoms with Gasteiger partial charge in [0.25, 0.3) is 5.56 Å². The fourth-order valence-electron chi connectivity index (χ4n) is 7.00. The summed E-state index contributed by atoms with van der Waals surface area (Å²) >= 11 is 0. The number of piperidine rings is 1. The largest absolute Gasteiger partial charge is 0.481 e. The number of nitrogen functional groups attached to an aromatic ring is 1. The first-order chi connectivity index (χ1) is 22.0. The number of fused-ring (bicyclic) bond motifs is 1. The van der Waals surface area contributed by atoms with Gasteiger partial charge in [-0.3, -0.25) is 19.4 Å². The van der Waals surface area contributed by atoms with Crippen molar-refractivity contribution in [1.82, 2.24) is 34.8 Å². The number of aromatic amines is 3. The molecule has 3 aromatic heterocycles. The summed E-state index contributed by atoms with van der Waals surface area (Å²) in [7, 11) is 2.17. The molecule has 240 valence electrons. The fraction of sp³-hybridized carbons (Fsp3) is 0.387. The summed E-state index contributed by atoms with van der Waals surface area (Å²) in [5, 5.41) is 0. The number of nitrogens with zero attached hydrogens (tertiary/aromatic N) is 4. The molecule has 46 heavy (non-hydrogen) atoms. The van der Waals surface area contributed by atoms with Crippen LogP contribution in [-0.4, -0.2) is 78.6 Å². The Morgan fingerprint density at radius 2 is 1.91 bits per heavy atom. The average Bonchev–Trinajstić information content (AvgIpc) is 3.63. The number of carbonyl (C=O) groups is 2. The van der Waals surface area contributed by atoms with Gasteiger partial charge in [0.05, 0.1) is 6.33 Å². The topological polar surface area (TPSA) is 211 Å². The van der Waals surface area contributed by atoms with E-state index >= 15 is 0 Å². The van der Waals surface area contributed by atoms with Gasteiger partial charge in [-0.05, 0) is 51.1 Å². The van der Waals surface area contributed by atoms with Crippen LogP contribution in [0.15, 0.2) is 52.7 Å². The van der Waals surface area contributed by atoms with Crippen molar-refractivity contribution in [3.63, 3.8) is 0 Å². The van der Waals surface area contributed by atoms with Gasteiger partial charge in [0.1, 0.15) is 17.9 Å². The lowest BCUT2D eigenvalue weighted by molar-refractivity contribution is -0.152. The van der Waals surface area contributed by atoms with Gasteiger partial charge in [0.2, 0.25) is 0 Å². The van der Waals surface area contributed by atoms with Gasteiger partial charge in [-0.15, -0.1) is 0 Å². The van der Waals surface area contributed by atoms with Gasteiger partial charge in [0.15, 0.2) is 29.1 Å². The molecule has 15 nitrogen and oxygen atoms in total. The molecule has 0 amide bonds. The number of rotatable bonds is 2. The number of hydrogen-bond donors (Lipinski definition) is 4. The summed E-state index contributed by atoms with van der Waals surface area (Å²) in [5.74, 6) is 1.12. The van der Waals surface area contributed by atoms with Crippen molar-refractivity contribution in [3.05, 3.63) is 80.7 Å². The van der Waals surface area contributed by atoms with Crippen LogP contribution < -0.4 is 26.5 Å². The number of H-pyrrole nitrogens is 3. The van der Waals surface area contributed by atoms with Gasteiger partial charge in [-0.1, -0.05) is 12.1 Å². The lowest BCUT2D eigenvalue weighted by atomic mass is 9.53. The molecule has 1 saturated heterocycles. The quantitative estimate of drug-likeness (QED) is 0.140. The van der Waals surface area contributed by atoms with E-state index in [9.17, 15) is 19.2 Å². The Bertz CT molecular complexity index is 1970. The van der Waals surface area contributed by atoms with Crippen LogP contribution in [-0.2, 0) is 26.2 Å². The number of likely N-dealkylation sites (N-methyl/N-ethyl adjacent to an activating group) is 1. The Balaban J connectivity index is 0.000000159. The molecule has 1 spiro atoms. The average molecular weight is 631 g/mol. The summed E-state index contributed by atoms with van der Waals surface area (Å²) in [6.45, 7) is 5.39. The molecule has 1 aromatic carbocycles. The lowest BCUT2D eigenvalue weighted by Crippen LogP contribution is -2.65. The number of carbonyl (C=O) groups excluding carboxylic acids is 2. The van der Waals surface area contributed by atoms with E-state index in [0.29, 0.717) is 40.1 Å². The minimum atomic E-state index is -0.467. The highest BCUT2D eigenvalue weighted by Crippen LogP contribution is 2.62. The zero-order valence-corrected chi connectivity index (χ0v) is 25.7. The molecule has 2 bridgehead atoms. The molecule has 4 aromatic rings. The van der Waals surface area contributed by atoms with Gasteiger partial charge >= 0.3 is 17.6 Å². The number of aryl methyl sites for hydroxylation is 1. The van der Waals surface area contributed by atoms with Crippen molar-refractivity contribution in [2.45, 2.75) is 57.3 Å². The summed E-state index contributed by atoms with van der Waals surface area (Å²) in [5.41, 5.74) is 8.63. The summed E-state index contributed by atoms with van der Waals surface area (Å²) < 4.78 is 17.5. The third-order valence-corrected chi connectivity index (χ3v) is 8.92. The molecule has 4 aliphatic rings.